The number of phenols is 2. The van der Waals surface area contributed by atoms with Crippen LogP contribution in [0.4, 0.5) is 0 Å². The minimum absolute atomic E-state index is 0.157. The second kappa shape index (κ2) is 4.43. The van der Waals surface area contributed by atoms with Crippen LogP contribution >= 0.6 is 0 Å². The molecule has 2 bridgehead atoms. The van der Waals surface area contributed by atoms with E-state index in [0.717, 1.165) is 11.4 Å². The molecule has 1 saturated heterocycles. The molecule has 0 radical (unpaired) electrons. The lowest BCUT2D eigenvalue weighted by molar-refractivity contribution is -0.140. The molecule has 1 aromatic carbocycles. The summed E-state index contributed by atoms with van der Waals surface area (Å²) in [6, 6.07) is 4.18. The number of imide groups is 1. The zero-order valence-corrected chi connectivity index (χ0v) is 11.6. The number of nitrogens with zero attached hydrogens (tertiary/aromatic N) is 2. The quantitative estimate of drug-likeness (QED) is 0.372. The number of hydrogen-bond acceptors (Lipinski definition) is 5. The zero-order chi connectivity index (χ0) is 15.4. The third-order valence-electron chi connectivity index (χ3n) is 4.77. The van der Waals surface area contributed by atoms with Crippen LogP contribution in [-0.2, 0) is 9.59 Å². The fourth-order valence-corrected chi connectivity index (χ4v) is 3.75. The summed E-state index contributed by atoms with van der Waals surface area (Å²) in [6.45, 7) is 0. The Kier molecular flexibility index (Phi) is 2.63. The van der Waals surface area contributed by atoms with Crippen molar-refractivity contribution in [1.29, 1.82) is 0 Å². The molecule has 1 aliphatic heterocycles. The van der Waals surface area contributed by atoms with E-state index in [0.29, 0.717) is 5.56 Å². The molecule has 3 aliphatic rings. The lowest BCUT2D eigenvalue weighted by Gasteiger charge is -2.13. The second-order valence-electron chi connectivity index (χ2n) is 5.98. The number of hydrazone groups is 1. The van der Waals surface area contributed by atoms with Crippen LogP contribution in [0.5, 0.6) is 11.5 Å². The van der Waals surface area contributed by atoms with Crippen LogP contribution in [0.3, 0.4) is 0 Å². The van der Waals surface area contributed by atoms with E-state index in [1.54, 1.807) is 0 Å². The van der Waals surface area contributed by atoms with Crippen LogP contribution in [0.1, 0.15) is 12.0 Å². The van der Waals surface area contributed by atoms with Crippen LogP contribution in [0.15, 0.2) is 35.5 Å². The number of benzene rings is 1. The molecule has 112 valence electrons. The molecule has 4 rings (SSSR count). The average Bonchev–Trinajstić information content (AvgIpc) is 3.16. The molecule has 0 unspecified atom stereocenters. The van der Waals surface area contributed by atoms with Crippen LogP contribution in [0, 0.1) is 23.7 Å². The van der Waals surface area contributed by atoms with Gasteiger partial charge in [-0.25, -0.2) is 0 Å². The molecule has 6 nitrogen and oxygen atoms in total. The first-order valence-electron chi connectivity index (χ1n) is 7.18. The Morgan fingerprint density at radius 2 is 1.68 bits per heavy atom. The SMILES string of the molecule is O=C1[C@@H]2[C@H](C(=O)N1/N=C\c1ccc(O)c(O)c1)[C@H]1C=C[C@H]2C1. The van der Waals surface area contributed by atoms with E-state index in [9.17, 15) is 19.8 Å². The van der Waals surface area contributed by atoms with Gasteiger partial charge in [-0.1, -0.05) is 12.2 Å². The highest BCUT2D eigenvalue weighted by molar-refractivity contribution is 6.06. The van der Waals surface area contributed by atoms with Gasteiger partial charge in [0.05, 0.1) is 18.1 Å². The van der Waals surface area contributed by atoms with Gasteiger partial charge in [-0.05, 0) is 42.0 Å². The van der Waals surface area contributed by atoms with E-state index < -0.39 is 0 Å². The highest BCUT2D eigenvalue weighted by Gasteiger charge is 2.59. The molecule has 22 heavy (non-hydrogen) atoms. The number of carbonyl (C=O) groups excluding carboxylic acids is 2. The van der Waals surface area contributed by atoms with Gasteiger partial charge in [0.1, 0.15) is 0 Å². The van der Waals surface area contributed by atoms with Crippen molar-refractivity contribution in [3.63, 3.8) is 0 Å². The normalized spacial score (nSPS) is 32.5. The van der Waals surface area contributed by atoms with E-state index in [-0.39, 0.29) is 47.0 Å². The largest absolute Gasteiger partial charge is 0.504 e. The standard InChI is InChI=1S/C16H14N2O4/c19-11-4-1-8(5-12(11)20)7-17-18-15(21)13-9-2-3-10(6-9)14(13)16(18)22/h1-5,7,9-10,13-14,19-20H,6H2/b17-7-/t9-,10-,13-,14+/m0/s1. The molecular formula is C16H14N2O4. The third-order valence-corrected chi connectivity index (χ3v) is 4.77. The van der Waals surface area contributed by atoms with Crippen molar-refractivity contribution >= 4 is 18.0 Å². The molecule has 2 fully saturated rings. The van der Waals surface area contributed by atoms with Crippen LogP contribution in [-0.4, -0.2) is 33.3 Å². The number of hydrogen-bond donors (Lipinski definition) is 2. The predicted octanol–water partition coefficient (Wildman–Crippen LogP) is 1.24. The molecule has 0 aromatic heterocycles. The number of amides is 2. The number of allylic oxidation sites excluding steroid dienone is 2. The highest BCUT2D eigenvalue weighted by atomic mass is 16.3. The van der Waals surface area contributed by atoms with Gasteiger partial charge in [0.25, 0.3) is 11.8 Å². The van der Waals surface area contributed by atoms with Crippen LogP contribution < -0.4 is 0 Å². The summed E-state index contributed by atoms with van der Waals surface area (Å²) in [6.07, 6.45) is 6.28. The zero-order valence-electron chi connectivity index (χ0n) is 11.6. The van der Waals surface area contributed by atoms with Crippen molar-refractivity contribution in [2.75, 3.05) is 0 Å². The van der Waals surface area contributed by atoms with Gasteiger partial charge < -0.3 is 10.2 Å². The molecule has 1 saturated carbocycles. The predicted molar refractivity (Wildman–Crippen MR) is 76.9 cm³/mol. The molecule has 0 spiro atoms. The maximum absolute atomic E-state index is 12.4. The van der Waals surface area contributed by atoms with Gasteiger partial charge in [0, 0.05) is 0 Å². The molecule has 2 N–H and O–H groups in total. The minimum Gasteiger partial charge on any atom is -0.504 e. The summed E-state index contributed by atoms with van der Waals surface area (Å²) in [7, 11) is 0. The van der Waals surface area contributed by atoms with Crippen molar-refractivity contribution in [3.05, 3.63) is 35.9 Å². The van der Waals surface area contributed by atoms with Crippen molar-refractivity contribution in [1.82, 2.24) is 5.01 Å². The molecular weight excluding hydrogens is 284 g/mol. The lowest BCUT2D eigenvalue weighted by Crippen LogP contribution is -2.28. The van der Waals surface area contributed by atoms with Gasteiger partial charge in [0.15, 0.2) is 11.5 Å². The summed E-state index contributed by atoms with van der Waals surface area (Å²) < 4.78 is 0. The molecule has 4 atom stereocenters. The van der Waals surface area contributed by atoms with Crippen LogP contribution in [0.2, 0.25) is 0 Å². The van der Waals surface area contributed by atoms with E-state index in [1.807, 2.05) is 12.2 Å². The number of aromatic hydroxyl groups is 2. The Morgan fingerprint density at radius 3 is 2.27 bits per heavy atom. The van der Waals surface area contributed by atoms with Crippen LogP contribution in [0.25, 0.3) is 0 Å². The fraction of sp³-hybridized carbons (Fsp3) is 0.312. The van der Waals surface area contributed by atoms with E-state index >= 15 is 0 Å². The fourth-order valence-electron chi connectivity index (χ4n) is 3.75. The smallest absolute Gasteiger partial charge is 0.254 e. The monoisotopic (exact) mass is 298 g/mol. The first-order chi connectivity index (χ1) is 10.6. The van der Waals surface area contributed by atoms with Gasteiger partial charge in [0.2, 0.25) is 0 Å². The number of carbonyl (C=O) groups is 2. The molecule has 2 amide bonds. The highest BCUT2D eigenvalue weighted by Crippen LogP contribution is 2.52. The van der Waals surface area contributed by atoms with Crippen molar-refractivity contribution < 1.29 is 19.8 Å². The summed E-state index contributed by atoms with van der Waals surface area (Å²) in [5, 5.41) is 23.6. The van der Waals surface area contributed by atoms with E-state index in [2.05, 4.69) is 5.10 Å². The second-order valence-corrected chi connectivity index (χ2v) is 5.98. The average molecular weight is 298 g/mol. The molecule has 2 aliphatic carbocycles. The molecule has 6 heteroatoms. The van der Waals surface area contributed by atoms with Gasteiger partial charge in [-0.2, -0.15) is 10.1 Å². The number of phenolic OH excluding ortho intramolecular Hbond substituents is 2. The maximum atomic E-state index is 12.4. The van der Waals surface area contributed by atoms with Gasteiger partial charge in [-0.3, -0.25) is 9.59 Å². The van der Waals surface area contributed by atoms with E-state index in [4.69, 9.17) is 0 Å². The van der Waals surface area contributed by atoms with E-state index in [1.165, 1.54) is 24.4 Å². The summed E-state index contributed by atoms with van der Waals surface area (Å²) >= 11 is 0. The topological polar surface area (TPSA) is 90.2 Å². The Balaban J connectivity index is 1.59. The minimum atomic E-state index is -0.276. The van der Waals surface area contributed by atoms with Gasteiger partial charge >= 0.3 is 0 Å². The number of rotatable bonds is 2. The Labute approximate surface area is 126 Å². The lowest BCUT2D eigenvalue weighted by atomic mass is 9.85. The maximum Gasteiger partial charge on any atom is 0.254 e. The summed E-state index contributed by atoms with van der Waals surface area (Å²) in [4.78, 5) is 24.8. The molecule has 1 heterocycles. The Morgan fingerprint density at radius 1 is 1.05 bits per heavy atom. The summed E-state index contributed by atoms with van der Waals surface area (Å²) in [5.74, 6) is -1.23. The Bertz CT molecular complexity index is 710. The van der Waals surface area contributed by atoms with Crippen molar-refractivity contribution in [2.45, 2.75) is 6.42 Å². The first-order valence-corrected chi connectivity index (χ1v) is 7.18. The van der Waals surface area contributed by atoms with Crippen molar-refractivity contribution in [2.24, 2.45) is 28.8 Å². The summed E-state index contributed by atoms with van der Waals surface area (Å²) in [5.41, 5.74) is 0.494. The van der Waals surface area contributed by atoms with Crippen molar-refractivity contribution in [3.8, 4) is 11.5 Å². The third kappa shape index (κ3) is 1.70. The van der Waals surface area contributed by atoms with Gasteiger partial charge in [-0.15, -0.1) is 0 Å². The Hall–Kier alpha value is -2.63. The first kappa shape index (κ1) is 13.1. The number of fused-ring (bicyclic) bond motifs is 5. The molecule has 1 aromatic rings.